The Balaban J connectivity index is 2.40. The topological polar surface area (TPSA) is 42.2 Å². The fraction of sp³-hybridized carbons (Fsp3) is 0.118. The molecule has 0 bridgehead atoms. The first-order chi connectivity index (χ1) is 9.76. The third-order valence-electron chi connectivity index (χ3n) is 2.91. The monoisotopic (exact) mass is 265 g/mol. The summed E-state index contributed by atoms with van der Waals surface area (Å²) >= 11 is 0. The fourth-order valence-electron chi connectivity index (χ4n) is 1.87. The Morgan fingerprint density at radius 1 is 1.00 bits per heavy atom. The SMILES string of the molecule is COc1cccc(C=C(C#N)c2cccc(OC)c2)c1. The number of hydrogen-bond acceptors (Lipinski definition) is 3. The van der Waals surface area contributed by atoms with Crippen LogP contribution in [0.15, 0.2) is 48.5 Å². The minimum atomic E-state index is 0.581. The molecule has 0 aliphatic carbocycles. The number of rotatable bonds is 4. The van der Waals surface area contributed by atoms with Gasteiger partial charge in [-0.1, -0.05) is 24.3 Å². The van der Waals surface area contributed by atoms with E-state index in [0.717, 1.165) is 22.6 Å². The van der Waals surface area contributed by atoms with Crippen LogP contribution < -0.4 is 9.47 Å². The van der Waals surface area contributed by atoms with Gasteiger partial charge in [0.05, 0.1) is 25.9 Å². The van der Waals surface area contributed by atoms with E-state index in [1.807, 2.05) is 54.6 Å². The summed E-state index contributed by atoms with van der Waals surface area (Å²) in [5.74, 6) is 1.50. The average molecular weight is 265 g/mol. The highest BCUT2D eigenvalue weighted by molar-refractivity contribution is 5.90. The quantitative estimate of drug-likeness (QED) is 0.624. The van der Waals surface area contributed by atoms with Gasteiger partial charge in [0.1, 0.15) is 11.5 Å². The number of methoxy groups -OCH3 is 2. The van der Waals surface area contributed by atoms with Crippen LogP contribution in [-0.4, -0.2) is 14.2 Å². The van der Waals surface area contributed by atoms with Crippen molar-refractivity contribution >= 4 is 11.6 Å². The fourth-order valence-corrected chi connectivity index (χ4v) is 1.87. The zero-order chi connectivity index (χ0) is 14.4. The molecule has 0 amide bonds. The molecule has 0 radical (unpaired) electrons. The second-order valence-electron chi connectivity index (χ2n) is 4.18. The van der Waals surface area contributed by atoms with E-state index < -0.39 is 0 Å². The standard InChI is InChI=1S/C17H15NO2/c1-19-16-7-3-5-13(10-16)9-15(12-18)14-6-4-8-17(11-14)20-2/h3-11H,1-2H3. The Hall–Kier alpha value is -2.73. The normalized spacial score (nSPS) is 10.8. The first kappa shape index (κ1) is 13.7. The van der Waals surface area contributed by atoms with Gasteiger partial charge in [-0.05, 0) is 41.5 Å². The van der Waals surface area contributed by atoms with Crippen LogP contribution in [0.1, 0.15) is 11.1 Å². The van der Waals surface area contributed by atoms with Gasteiger partial charge < -0.3 is 9.47 Å². The molecule has 3 heteroatoms. The average Bonchev–Trinajstić information content (AvgIpc) is 2.52. The number of hydrogen-bond donors (Lipinski definition) is 0. The summed E-state index contributed by atoms with van der Waals surface area (Å²) < 4.78 is 10.4. The van der Waals surface area contributed by atoms with Gasteiger partial charge in [0, 0.05) is 0 Å². The van der Waals surface area contributed by atoms with E-state index in [1.165, 1.54) is 0 Å². The third kappa shape index (κ3) is 3.18. The molecule has 2 aromatic rings. The van der Waals surface area contributed by atoms with E-state index >= 15 is 0 Å². The van der Waals surface area contributed by atoms with Gasteiger partial charge in [-0.3, -0.25) is 0 Å². The second-order valence-corrected chi connectivity index (χ2v) is 4.18. The first-order valence-electron chi connectivity index (χ1n) is 6.17. The largest absolute Gasteiger partial charge is 0.497 e. The molecule has 0 N–H and O–H groups in total. The number of allylic oxidation sites excluding steroid dienone is 1. The van der Waals surface area contributed by atoms with E-state index in [2.05, 4.69) is 6.07 Å². The molecule has 0 spiro atoms. The molecule has 100 valence electrons. The van der Waals surface area contributed by atoms with Crippen molar-refractivity contribution in [2.24, 2.45) is 0 Å². The lowest BCUT2D eigenvalue weighted by Crippen LogP contribution is -1.87. The Morgan fingerprint density at radius 2 is 1.65 bits per heavy atom. The maximum absolute atomic E-state index is 9.34. The molecule has 2 aromatic carbocycles. The lowest BCUT2D eigenvalue weighted by atomic mass is 10.0. The molecule has 0 heterocycles. The smallest absolute Gasteiger partial charge is 0.119 e. The van der Waals surface area contributed by atoms with Crippen molar-refractivity contribution in [3.05, 3.63) is 59.7 Å². The van der Waals surface area contributed by atoms with Crippen LogP contribution in [0.4, 0.5) is 0 Å². The predicted octanol–water partition coefficient (Wildman–Crippen LogP) is 3.77. The van der Waals surface area contributed by atoms with Gasteiger partial charge >= 0.3 is 0 Å². The molecular formula is C17H15NO2. The second kappa shape index (κ2) is 6.44. The molecule has 0 aromatic heterocycles. The van der Waals surface area contributed by atoms with Crippen LogP contribution in [0.5, 0.6) is 11.5 Å². The number of ether oxygens (including phenoxy) is 2. The molecule has 0 unspecified atom stereocenters. The van der Waals surface area contributed by atoms with Gasteiger partial charge in [-0.25, -0.2) is 0 Å². The first-order valence-corrected chi connectivity index (χ1v) is 6.17. The van der Waals surface area contributed by atoms with E-state index in [9.17, 15) is 5.26 Å². The lowest BCUT2D eigenvalue weighted by molar-refractivity contribution is 0.414. The maximum atomic E-state index is 9.34. The molecule has 20 heavy (non-hydrogen) atoms. The van der Waals surface area contributed by atoms with E-state index in [1.54, 1.807) is 14.2 Å². The highest BCUT2D eigenvalue weighted by atomic mass is 16.5. The van der Waals surface area contributed by atoms with Crippen LogP contribution in [-0.2, 0) is 0 Å². The molecule has 0 aliphatic heterocycles. The minimum absolute atomic E-state index is 0.581. The van der Waals surface area contributed by atoms with E-state index in [0.29, 0.717) is 5.57 Å². The summed E-state index contributed by atoms with van der Waals surface area (Å²) in [7, 11) is 3.23. The van der Waals surface area contributed by atoms with Crippen molar-refractivity contribution in [1.82, 2.24) is 0 Å². The van der Waals surface area contributed by atoms with E-state index in [-0.39, 0.29) is 0 Å². The van der Waals surface area contributed by atoms with Crippen LogP contribution in [0.25, 0.3) is 11.6 Å². The van der Waals surface area contributed by atoms with E-state index in [4.69, 9.17) is 9.47 Å². The number of nitriles is 1. The van der Waals surface area contributed by atoms with Gasteiger partial charge in [-0.2, -0.15) is 5.26 Å². The van der Waals surface area contributed by atoms with Gasteiger partial charge in [0.25, 0.3) is 0 Å². The van der Waals surface area contributed by atoms with Crippen LogP contribution in [0.3, 0.4) is 0 Å². The summed E-state index contributed by atoms with van der Waals surface area (Å²) in [6.07, 6.45) is 1.83. The van der Waals surface area contributed by atoms with Crippen molar-refractivity contribution in [2.45, 2.75) is 0 Å². The summed E-state index contributed by atoms with van der Waals surface area (Å²) in [5.41, 5.74) is 2.33. The molecule has 0 fully saturated rings. The maximum Gasteiger partial charge on any atom is 0.119 e. The number of benzene rings is 2. The van der Waals surface area contributed by atoms with Gasteiger partial charge in [0.2, 0.25) is 0 Å². The van der Waals surface area contributed by atoms with Crippen molar-refractivity contribution in [1.29, 1.82) is 5.26 Å². The molecular weight excluding hydrogens is 250 g/mol. The summed E-state index contributed by atoms with van der Waals surface area (Å²) in [4.78, 5) is 0. The molecule has 0 aliphatic rings. The molecule has 0 atom stereocenters. The van der Waals surface area contributed by atoms with Crippen molar-refractivity contribution < 1.29 is 9.47 Å². The highest BCUT2D eigenvalue weighted by Crippen LogP contribution is 2.23. The van der Waals surface area contributed by atoms with Crippen LogP contribution >= 0.6 is 0 Å². The summed E-state index contributed by atoms with van der Waals surface area (Å²) in [6.45, 7) is 0. The van der Waals surface area contributed by atoms with Gasteiger partial charge in [-0.15, -0.1) is 0 Å². The Kier molecular flexibility index (Phi) is 4.41. The lowest BCUT2D eigenvalue weighted by Gasteiger charge is -2.04. The Morgan fingerprint density at radius 3 is 2.30 bits per heavy atom. The highest BCUT2D eigenvalue weighted by Gasteiger charge is 2.03. The number of nitrogens with zero attached hydrogens (tertiary/aromatic N) is 1. The molecule has 3 nitrogen and oxygen atoms in total. The molecule has 2 rings (SSSR count). The molecule has 0 saturated heterocycles. The van der Waals surface area contributed by atoms with Crippen molar-refractivity contribution in [2.75, 3.05) is 14.2 Å². The summed E-state index contributed by atoms with van der Waals surface area (Å²) in [6, 6.07) is 17.2. The Labute approximate surface area is 118 Å². The van der Waals surface area contributed by atoms with Crippen LogP contribution in [0.2, 0.25) is 0 Å². The van der Waals surface area contributed by atoms with Crippen molar-refractivity contribution in [3.63, 3.8) is 0 Å². The van der Waals surface area contributed by atoms with Crippen LogP contribution in [0, 0.1) is 11.3 Å². The zero-order valence-electron chi connectivity index (χ0n) is 11.5. The summed E-state index contributed by atoms with van der Waals surface area (Å²) in [5, 5.41) is 9.34. The minimum Gasteiger partial charge on any atom is -0.497 e. The van der Waals surface area contributed by atoms with Crippen molar-refractivity contribution in [3.8, 4) is 17.6 Å². The predicted molar refractivity (Wildman–Crippen MR) is 79.5 cm³/mol. The van der Waals surface area contributed by atoms with Gasteiger partial charge in [0.15, 0.2) is 0 Å². The third-order valence-corrected chi connectivity index (χ3v) is 2.91. The zero-order valence-corrected chi connectivity index (χ0v) is 11.5. The Bertz CT molecular complexity index is 669. The molecule has 0 saturated carbocycles.